The minimum atomic E-state index is 0.813. The Morgan fingerprint density at radius 2 is 1.70 bits per heavy atom. The maximum absolute atomic E-state index is 4.59. The quantitative estimate of drug-likeness (QED) is 0.828. The van der Waals surface area contributed by atoms with Crippen LogP contribution in [-0.2, 0) is 0 Å². The van der Waals surface area contributed by atoms with Crippen LogP contribution >= 0.6 is 0 Å². The lowest BCUT2D eigenvalue weighted by atomic mass is 10.2. The zero-order valence-electron chi connectivity index (χ0n) is 12.0. The van der Waals surface area contributed by atoms with Crippen LogP contribution in [0.4, 0.5) is 5.82 Å². The Bertz CT molecular complexity index is 576. The molecule has 0 aliphatic carbocycles. The Morgan fingerprint density at radius 3 is 2.40 bits per heavy atom. The van der Waals surface area contributed by atoms with Crippen LogP contribution in [-0.4, -0.2) is 53.1 Å². The molecule has 0 bridgehead atoms. The highest BCUT2D eigenvalue weighted by molar-refractivity contribution is 5.62. The van der Waals surface area contributed by atoms with Gasteiger partial charge < -0.3 is 9.80 Å². The van der Waals surface area contributed by atoms with E-state index in [1.807, 2.05) is 19.1 Å². The van der Waals surface area contributed by atoms with Gasteiger partial charge in [0.1, 0.15) is 11.6 Å². The molecule has 20 heavy (non-hydrogen) atoms. The number of pyridine rings is 1. The van der Waals surface area contributed by atoms with E-state index in [0.29, 0.717) is 0 Å². The van der Waals surface area contributed by atoms with Gasteiger partial charge in [-0.25, -0.2) is 9.97 Å². The first-order valence-corrected chi connectivity index (χ1v) is 6.92. The monoisotopic (exact) mass is 269 g/mol. The summed E-state index contributed by atoms with van der Waals surface area (Å²) >= 11 is 0. The normalized spacial score (nSPS) is 16.4. The van der Waals surface area contributed by atoms with E-state index in [2.05, 4.69) is 37.9 Å². The molecular weight excluding hydrogens is 250 g/mol. The number of anilines is 1. The van der Waals surface area contributed by atoms with E-state index >= 15 is 0 Å². The van der Waals surface area contributed by atoms with Gasteiger partial charge in [-0.1, -0.05) is 0 Å². The van der Waals surface area contributed by atoms with E-state index in [0.717, 1.165) is 49.1 Å². The minimum absolute atomic E-state index is 0.813. The summed E-state index contributed by atoms with van der Waals surface area (Å²) in [4.78, 5) is 17.9. The predicted molar refractivity (Wildman–Crippen MR) is 79.7 cm³/mol. The summed E-state index contributed by atoms with van der Waals surface area (Å²) in [5.74, 6) is 1.84. The minimum Gasteiger partial charge on any atom is -0.354 e. The molecule has 1 saturated heterocycles. The van der Waals surface area contributed by atoms with Gasteiger partial charge in [0.05, 0.1) is 5.69 Å². The van der Waals surface area contributed by atoms with Crippen molar-refractivity contribution in [3.8, 4) is 11.3 Å². The second-order valence-electron chi connectivity index (χ2n) is 5.18. The molecule has 0 N–H and O–H groups in total. The van der Waals surface area contributed by atoms with Crippen molar-refractivity contribution in [2.75, 3.05) is 38.1 Å². The summed E-state index contributed by atoms with van der Waals surface area (Å²) < 4.78 is 0. The number of nitrogens with zero attached hydrogens (tertiary/aromatic N) is 5. The molecule has 1 aliphatic heterocycles. The second kappa shape index (κ2) is 5.54. The van der Waals surface area contributed by atoms with E-state index < -0.39 is 0 Å². The van der Waals surface area contributed by atoms with Crippen molar-refractivity contribution < 1.29 is 0 Å². The third-order valence-electron chi connectivity index (χ3n) is 3.63. The third-order valence-corrected chi connectivity index (χ3v) is 3.63. The van der Waals surface area contributed by atoms with Crippen LogP contribution in [0, 0.1) is 6.92 Å². The highest BCUT2D eigenvalue weighted by Gasteiger charge is 2.16. The number of piperazine rings is 1. The van der Waals surface area contributed by atoms with Crippen molar-refractivity contribution in [2.45, 2.75) is 6.92 Å². The van der Waals surface area contributed by atoms with Crippen LogP contribution in [0.1, 0.15) is 5.82 Å². The van der Waals surface area contributed by atoms with Crippen molar-refractivity contribution in [3.63, 3.8) is 0 Å². The molecule has 0 spiro atoms. The van der Waals surface area contributed by atoms with E-state index in [-0.39, 0.29) is 0 Å². The first kappa shape index (κ1) is 13.0. The molecule has 1 fully saturated rings. The lowest BCUT2D eigenvalue weighted by Crippen LogP contribution is -2.44. The summed E-state index contributed by atoms with van der Waals surface area (Å²) in [5.41, 5.74) is 2.05. The zero-order valence-corrected chi connectivity index (χ0v) is 12.0. The lowest BCUT2D eigenvalue weighted by molar-refractivity contribution is 0.312. The molecular formula is C15H19N5. The molecule has 3 rings (SSSR count). The largest absolute Gasteiger partial charge is 0.354 e. The number of aryl methyl sites for hydroxylation is 1. The molecule has 0 unspecified atom stereocenters. The summed E-state index contributed by atoms with van der Waals surface area (Å²) in [7, 11) is 2.16. The van der Waals surface area contributed by atoms with Crippen molar-refractivity contribution >= 4 is 5.82 Å². The van der Waals surface area contributed by atoms with E-state index in [1.165, 1.54) is 0 Å². The fourth-order valence-electron chi connectivity index (χ4n) is 2.42. The molecule has 0 radical (unpaired) electrons. The van der Waals surface area contributed by atoms with Crippen LogP contribution in [0.3, 0.4) is 0 Å². The van der Waals surface area contributed by atoms with Gasteiger partial charge in [-0.15, -0.1) is 0 Å². The van der Waals surface area contributed by atoms with Gasteiger partial charge in [-0.3, -0.25) is 4.98 Å². The average molecular weight is 269 g/mol. The van der Waals surface area contributed by atoms with Gasteiger partial charge in [0.25, 0.3) is 0 Å². The molecule has 0 atom stereocenters. The summed E-state index contributed by atoms with van der Waals surface area (Å²) in [6.07, 6.45) is 3.59. The molecule has 2 aromatic rings. The van der Waals surface area contributed by atoms with Crippen LogP contribution < -0.4 is 4.90 Å². The van der Waals surface area contributed by atoms with Crippen molar-refractivity contribution in [2.24, 2.45) is 0 Å². The smallest absolute Gasteiger partial charge is 0.132 e. The van der Waals surface area contributed by atoms with Gasteiger partial charge in [0.15, 0.2) is 0 Å². The molecule has 0 amide bonds. The van der Waals surface area contributed by atoms with Gasteiger partial charge in [-0.05, 0) is 26.1 Å². The fraction of sp³-hybridized carbons (Fsp3) is 0.400. The third kappa shape index (κ3) is 2.77. The number of aromatic nitrogens is 3. The van der Waals surface area contributed by atoms with Crippen molar-refractivity contribution in [1.82, 2.24) is 19.9 Å². The molecule has 104 valence electrons. The average Bonchev–Trinajstić information content (AvgIpc) is 2.48. The van der Waals surface area contributed by atoms with E-state index in [1.54, 1.807) is 12.4 Å². The van der Waals surface area contributed by atoms with Crippen LogP contribution in [0.15, 0.2) is 30.6 Å². The molecule has 0 aromatic carbocycles. The molecule has 2 aromatic heterocycles. The second-order valence-corrected chi connectivity index (χ2v) is 5.18. The number of likely N-dealkylation sites (N-methyl/N-ethyl adjacent to an activating group) is 1. The summed E-state index contributed by atoms with van der Waals surface area (Å²) in [6, 6.07) is 6.04. The molecule has 5 heteroatoms. The van der Waals surface area contributed by atoms with Crippen LogP contribution in [0.25, 0.3) is 11.3 Å². The Kier molecular flexibility index (Phi) is 3.60. The Labute approximate surface area is 119 Å². The van der Waals surface area contributed by atoms with Crippen LogP contribution in [0.2, 0.25) is 0 Å². The topological polar surface area (TPSA) is 45.2 Å². The molecule has 0 saturated carbocycles. The lowest BCUT2D eigenvalue weighted by Gasteiger charge is -2.33. The SMILES string of the molecule is Cc1nc(-c2ccncc2)cc(N2CCN(C)CC2)n1. The Hall–Kier alpha value is -2.01. The van der Waals surface area contributed by atoms with Crippen molar-refractivity contribution in [1.29, 1.82) is 0 Å². The van der Waals surface area contributed by atoms with E-state index in [4.69, 9.17) is 0 Å². The number of rotatable bonds is 2. The Morgan fingerprint density at radius 1 is 1.00 bits per heavy atom. The predicted octanol–water partition coefficient (Wildman–Crippen LogP) is 1.60. The molecule has 5 nitrogen and oxygen atoms in total. The maximum atomic E-state index is 4.59. The fourth-order valence-corrected chi connectivity index (χ4v) is 2.42. The first-order chi connectivity index (χ1) is 9.72. The van der Waals surface area contributed by atoms with Gasteiger partial charge in [-0.2, -0.15) is 0 Å². The van der Waals surface area contributed by atoms with Crippen LogP contribution in [0.5, 0.6) is 0 Å². The van der Waals surface area contributed by atoms with E-state index in [9.17, 15) is 0 Å². The van der Waals surface area contributed by atoms with Gasteiger partial charge in [0.2, 0.25) is 0 Å². The molecule has 1 aliphatic rings. The summed E-state index contributed by atoms with van der Waals surface area (Å²) in [5, 5.41) is 0. The maximum Gasteiger partial charge on any atom is 0.132 e. The highest BCUT2D eigenvalue weighted by Crippen LogP contribution is 2.22. The van der Waals surface area contributed by atoms with Gasteiger partial charge in [0, 0.05) is 50.2 Å². The summed E-state index contributed by atoms with van der Waals surface area (Å²) in [6.45, 7) is 6.14. The Balaban J connectivity index is 1.91. The van der Waals surface area contributed by atoms with Crippen molar-refractivity contribution in [3.05, 3.63) is 36.4 Å². The zero-order chi connectivity index (χ0) is 13.9. The standard InChI is InChI=1S/C15H19N5/c1-12-17-14(13-3-5-16-6-4-13)11-15(18-12)20-9-7-19(2)8-10-20/h3-6,11H,7-10H2,1-2H3. The number of hydrogen-bond acceptors (Lipinski definition) is 5. The molecule has 3 heterocycles. The highest BCUT2D eigenvalue weighted by atomic mass is 15.3. The first-order valence-electron chi connectivity index (χ1n) is 6.92. The number of hydrogen-bond donors (Lipinski definition) is 0. The van der Waals surface area contributed by atoms with Gasteiger partial charge >= 0.3 is 0 Å².